The number of hydrogen-bond acceptors (Lipinski definition) is 0. The van der Waals surface area contributed by atoms with Crippen LogP contribution in [0.5, 0.6) is 0 Å². The van der Waals surface area contributed by atoms with E-state index >= 15 is 0 Å². The first-order chi connectivity index (χ1) is 16.0. The second-order valence-corrected chi connectivity index (χ2v) is 12.1. The Morgan fingerprint density at radius 3 is 2.12 bits per heavy atom. The zero-order chi connectivity index (χ0) is 24.7. The molecule has 0 radical (unpaired) electrons. The molecule has 1 unspecified atom stereocenters. The van der Waals surface area contributed by atoms with Gasteiger partial charge in [-0.2, -0.15) is 9.15 Å². The number of nitrogens with zero attached hydrogens (tertiary/aromatic N) is 2. The van der Waals surface area contributed by atoms with Gasteiger partial charge in [-0.1, -0.05) is 42.1 Å². The number of halogens is 2. The Kier molecular flexibility index (Phi) is 7.32. The molecule has 0 aliphatic carbocycles. The highest BCUT2D eigenvalue weighted by Crippen LogP contribution is 2.44. The summed E-state index contributed by atoms with van der Waals surface area (Å²) < 4.78 is 4.95. The summed E-state index contributed by atoms with van der Waals surface area (Å²) in [6.45, 7) is 15.0. The summed E-state index contributed by atoms with van der Waals surface area (Å²) in [5.41, 5.74) is 7.03. The smallest absolute Gasteiger partial charge is 0.199 e. The number of rotatable bonds is 8. The normalized spacial score (nSPS) is 21.3. The van der Waals surface area contributed by atoms with Crippen molar-refractivity contribution < 1.29 is 9.15 Å². The number of hydrogen-bond donors (Lipinski definition) is 0. The van der Waals surface area contributed by atoms with E-state index in [2.05, 4.69) is 81.2 Å². The summed E-state index contributed by atoms with van der Waals surface area (Å²) in [6, 6.07) is 13.2. The molecule has 0 fully saturated rings. The lowest BCUT2D eigenvalue weighted by atomic mass is 9.81. The van der Waals surface area contributed by atoms with Gasteiger partial charge in [0.05, 0.1) is 10.8 Å². The summed E-state index contributed by atoms with van der Waals surface area (Å²) in [7, 11) is 0. The number of fused-ring (bicyclic) bond motifs is 2. The largest absolute Gasteiger partial charge is 0.210 e. The van der Waals surface area contributed by atoms with E-state index in [1.54, 1.807) is 0 Å². The molecule has 0 aromatic heterocycles. The van der Waals surface area contributed by atoms with Gasteiger partial charge in [-0.15, -0.1) is 0 Å². The van der Waals surface area contributed by atoms with Crippen LogP contribution in [0.2, 0.25) is 10.0 Å². The Morgan fingerprint density at radius 1 is 0.824 bits per heavy atom. The van der Waals surface area contributed by atoms with Gasteiger partial charge in [0.15, 0.2) is 11.8 Å². The molecule has 2 nitrogen and oxygen atoms in total. The predicted molar refractivity (Wildman–Crippen MR) is 148 cm³/mol. The zero-order valence-electron chi connectivity index (χ0n) is 21.7. The van der Waals surface area contributed by atoms with Crippen molar-refractivity contribution in [3.63, 3.8) is 0 Å². The molecule has 182 valence electrons. The van der Waals surface area contributed by atoms with Crippen LogP contribution >= 0.6 is 23.2 Å². The van der Waals surface area contributed by atoms with Gasteiger partial charge in [0.2, 0.25) is 11.4 Å². The maximum atomic E-state index is 6.32. The Bertz CT molecular complexity index is 1140. The molecule has 1 atom stereocenters. The molecule has 0 N–H and O–H groups in total. The maximum absolute atomic E-state index is 6.32. The minimum atomic E-state index is 0.0832. The molecular formula is C30H40Cl2N2+2. The van der Waals surface area contributed by atoms with Gasteiger partial charge in [-0.05, 0) is 65.7 Å². The predicted octanol–water partition coefficient (Wildman–Crippen LogP) is 8.82. The Balaban J connectivity index is 1.26. The quantitative estimate of drug-likeness (QED) is 0.253. The second-order valence-electron chi connectivity index (χ2n) is 11.2. The van der Waals surface area contributed by atoms with Gasteiger partial charge in [0.25, 0.3) is 0 Å². The van der Waals surface area contributed by atoms with Crippen molar-refractivity contribution in [2.75, 3.05) is 6.54 Å². The molecule has 2 aromatic carbocycles. The number of unbranched alkanes of at least 4 members (excludes halogenated alkanes) is 5. The lowest BCUT2D eigenvalue weighted by Crippen LogP contribution is -2.31. The first-order valence-corrected chi connectivity index (χ1v) is 13.6. The third-order valence-corrected chi connectivity index (χ3v) is 9.01. The van der Waals surface area contributed by atoms with Gasteiger partial charge < -0.3 is 0 Å². The van der Waals surface area contributed by atoms with Crippen LogP contribution in [0.25, 0.3) is 0 Å². The minimum Gasteiger partial charge on any atom is -0.199 e. The summed E-state index contributed by atoms with van der Waals surface area (Å²) in [5.74, 6) is 0. The van der Waals surface area contributed by atoms with Crippen molar-refractivity contribution in [2.45, 2.75) is 96.9 Å². The van der Waals surface area contributed by atoms with Crippen molar-refractivity contribution in [2.24, 2.45) is 0 Å². The van der Waals surface area contributed by atoms with Gasteiger partial charge >= 0.3 is 0 Å². The third kappa shape index (κ3) is 4.61. The molecule has 4 rings (SSSR count). The van der Waals surface area contributed by atoms with E-state index in [1.165, 1.54) is 60.3 Å². The van der Waals surface area contributed by atoms with Crippen LogP contribution in [0.4, 0.5) is 11.4 Å². The molecular weight excluding hydrogens is 459 g/mol. The van der Waals surface area contributed by atoms with Crippen molar-refractivity contribution >= 4 is 46.5 Å². The number of benzene rings is 2. The average molecular weight is 500 g/mol. The molecule has 2 aromatic rings. The Hall–Kier alpha value is -1.64. The highest BCUT2D eigenvalue weighted by Gasteiger charge is 2.47. The van der Waals surface area contributed by atoms with Gasteiger partial charge in [0, 0.05) is 53.1 Å². The van der Waals surface area contributed by atoms with E-state index in [1.807, 2.05) is 12.1 Å². The molecule has 2 heterocycles. The summed E-state index contributed by atoms with van der Waals surface area (Å²) in [6.07, 6.45) is 9.81. The monoisotopic (exact) mass is 498 g/mol. The highest BCUT2D eigenvalue weighted by atomic mass is 35.5. The van der Waals surface area contributed by atoms with E-state index in [0.717, 1.165) is 23.0 Å². The third-order valence-electron chi connectivity index (χ3n) is 8.54. The molecule has 2 aliphatic heterocycles. The maximum Gasteiger partial charge on any atom is 0.210 e. The van der Waals surface area contributed by atoms with Crippen LogP contribution < -0.4 is 0 Å². The van der Waals surface area contributed by atoms with E-state index in [0.29, 0.717) is 6.04 Å². The van der Waals surface area contributed by atoms with Crippen LogP contribution in [0.15, 0.2) is 36.4 Å². The van der Waals surface area contributed by atoms with Crippen molar-refractivity contribution in [3.05, 3.63) is 57.6 Å². The second kappa shape index (κ2) is 9.78. The van der Waals surface area contributed by atoms with E-state index in [9.17, 15) is 0 Å². The van der Waals surface area contributed by atoms with Crippen LogP contribution in [0.3, 0.4) is 0 Å². The molecule has 0 amide bonds. The standard InChI is InChI=1S/C30H40Cl2N2/c1-21-29(3,4)25-15-13-23(31)19-27(25)33(21)17-11-9-7-8-10-12-18-34-22(2)30(5,6)26-16-14-24(32)20-28(26)34/h13-17,19-21H,7-12,18H2,1-6H3/q+2. The van der Waals surface area contributed by atoms with Crippen LogP contribution in [-0.2, 0) is 10.8 Å². The van der Waals surface area contributed by atoms with Gasteiger partial charge in [0.1, 0.15) is 12.8 Å². The fourth-order valence-electron chi connectivity index (χ4n) is 5.73. The lowest BCUT2D eigenvalue weighted by molar-refractivity contribution is -0.475. The molecule has 0 bridgehead atoms. The van der Waals surface area contributed by atoms with Gasteiger partial charge in [-0.3, -0.25) is 0 Å². The van der Waals surface area contributed by atoms with E-state index in [-0.39, 0.29) is 10.8 Å². The first-order valence-electron chi connectivity index (χ1n) is 12.9. The SMILES string of the molecule is CC1=[N+](CCCCCCCC=[N+]2c3cc(Cl)ccc3C(C)(C)C2C)c2cc(Cl)ccc2C1(C)C. The zero-order valence-corrected chi connectivity index (χ0v) is 23.2. The molecule has 2 aliphatic rings. The fourth-order valence-corrected chi connectivity index (χ4v) is 6.07. The summed E-state index contributed by atoms with van der Waals surface area (Å²) in [4.78, 5) is 0. The average Bonchev–Trinajstić information content (AvgIpc) is 3.08. The van der Waals surface area contributed by atoms with Crippen LogP contribution in [-0.4, -0.2) is 33.7 Å². The summed E-state index contributed by atoms with van der Waals surface area (Å²) >= 11 is 12.6. The Morgan fingerprint density at radius 2 is 1.41 bits per heavy atom. The van der Waals surface area contributed by atoms with E-state index in [4.69, 9.17) is 23.2 Å². The molecule has 34 heavy (non-hydrogen) atoms. The lowest BCUT2D eigenvalue weighted by Gasteiger charge is -2.19. The van der Waals surface area contributed by atoms with Crippen molar-refractivity contribution in [1.82, 2.24) is 0 Å². The van der Waals surface area contributed by atoms with Crippen molar-refractivity contribution in [1.29, 1.82) is 0 Å². The molecule has 0 spiro atoms. The molecule has 0 saturated heterocycles. The first kappa shape index (κ1) is 25.5. The molecule has 0 saturated carbocycles. The Labute approximate surface area is 216 Å². The fraction of sp³-hybridized carbons (Fsp3) is 0.533. The minimum absolute atomic E-state index is 0.0832. The van der Waals surface area contributed by atoms with Gasteiger partial charge in [-0.25, -0.2) is 0 Å². The topological polar surface area (TPSA) is 6.02 Å². The van der Waals surface area contributed by atoms with Crippen LogP contribution in [0, 0.1) is 0 Å². The molecule has 4 heteroatoms. The van der Waals surface area contributed by atoms with Crippen molar-refractivity contribution in [3.8, 4) is 0 Å². The summed E-state index contributed by atoms with van der Waals surface area (Å²) in [5, 5.41) is 1.65. The van der Waals surface area contributed by atoms with Crippen LogP contribution in [0.1, 0.15) is 91.2 Å². The van der Waals surface area contributed by atoms with E-state index < -0.39 is 0 Å². The highest BCUT2D eigenvalue weighted by molar-refractivity contribution is 6.31.